The van der Waals surface area contributed by atoms with Gasteiger partial charge < -0.3 is 29.4 Å². The van der Waals surface area contributed by atoms with E-state index >= 15 is 0 Å². The van der Waals surface area contributed by atoms with Crippen molar-refractivity contribution in [2.75, 3.05) is 20.2 Å². The fraction of sp³-hybridized carbons (Fsp3) is 0.568. The second-order valence-electron chi connectivity index (χ2n) is 15.7. The number of imidazole rings is 1. The van der Waals surface area contributed by atoms with Gasteiger partial charge in [-0.1, -0.05) is 20.8 Å². The van der Waals surface area contributed by atoms with Crippen LogP contribution in [0.5, 0.6) is 5.75 Å². The van der Waals surface area contributed by atoms with Crippen molar-refractivity contribution in [3.63, 3.8) is 0 Å². The van der Waals surface area contributed by atoms with Crippen molar-refractivity contribution in [2.45, 2.75) is 96.3 Å². The highest BCUT2D eigenvalue weighted by Crippen LogP contribution is 2.41. The normalized spacial score (nSPS) is 24.6. The molecule has 2 amide bonds. The first-order valence-electron chi connectivity index (χ1n) is 17.4. The van der Waals surface area contributed by atoms with Gasteiger partial charge in [0.25, 0.3) is 5.91 Å². The Balaban J connectivity index is 1.20. The van der Waals surface area contributed by atoms with Gasteiger partial charge in [0.2, 0.25) is 5.91 Å². The van der Waals surface area contributed by atoms with Crippen LogP contribution in [0.1, 0.15) is 94.2 Å². The Kier molecular flexibility index (Phi) is 6.99. The van der Waals surface area contributed by atoms with Crippen LogP contribution in [0.15, 0.2) is 30.3 Å². The Morgan fingerprint density at radius 2 is 1.85 bits per heavy atom. The molecule has 4 fully saturated rings. The van der Waals surface area contributed by atoms with Crippen LogP contribution in [-0.2, 0) is 18.4 Å². The van der Waals surface area contributed by atoms with Gasteiger partial charge in [0.15, 0.2) is 5.82 Å². The van der Waals surface area contributed by atoms with E-state index in [0.29, 0.717) is 23.8 Å². The van der Waals surface area contributed by atoms with Crippen LogP contribution in [-0.4, -0.2) is 72.5 Å². The van der Waals surface area contributed by atoms with Crippen molar-refractivity contribution in [3.8, 4) is 17.3 Å². The largest absolute Gasteiger partial charge is 0.494 e. The maximum absolute atomic E-state index is 13.9. The molecule has 5 heterocycles. The van der Waals surface area contributed by atoms with Crippen molar-refractivity contribution in [3.05, 3.63) is 41.6 Å². The number of likely N-dealkylation sites (tertiary alicyclic amines) is 2. The molecule has 10 nitrogen and oxygen atoms in total. The SMILES string of the molecule is COc1cc(C(=O)N2CC3(N)CCC[C@H]2C3)cc2nc(-c3cc4ccc([C@H]5CCCN5C(=O)C(C)(C)C)nc4n3CC3CC3)n(C)c12. The molecule has 1 aromatic carbocycles. The third-order valence-corrected chi connectivity index (χ3v) is 11.1. The predicted octanol–water partition coefficient (Wildman–Crippen LogP) is 5.81. The van der Waals surface area contributed by atoms with E-state index in [-0.39, 0.29) is 29.4 Å². The van der Waals surface area contributed by atoms with Gasteiger partial charge in [-0.05, 0) is 87.6 Å². The number of pyridine rings is 1. The summed E-state index contributed by atoms with van der Waals surface area (Å²) >= 11 is 0. The van der Waals surface area contributed by atoms with Gasteiger partial charge in [-0.2, -0.15) is 0 Å². The molecule has 8 rings (SSSR count). The standard InChI is InChI=1S/C37H47N7O3/c1-36(2,3)35(46)42-15-7-9-28(42)26-13-12-23-17-29(43(32(23)39-26)20-22-10-11-22)33-40-27-16-24(18-30(47-5)31(27)41(33)4)34(45)44-21-37(38)14-6-8-25(44)19-37/h12-13,16-18,22,25,28H,6-11,14-15,19-21,38H2,1-5H3/t25-,28+,37?/m0/s1. The summed E-state index contributed by atoms with van der Waals surface area (Å²) in [6, 6.07) is 10.4. The van der Waals surface area contributed by atoms with Crippen molar-refractivity contribution < 1.29 is 14.3 Å². The van der Waals surface area contributed by atoms with Crippen molar-refractivity contribution in [2.24, 2.45) is 24.1 Å². The number of methoxy groups -OCH3 is 1. The number of carbonyl (C=O) groups excluding carboxylic acids is 2. The molecule has 1 unspecified atom stereocenters. The van der Waals surface area contributed by atoms with Crippen LogP contribution >= 0.6 is 0 Å². The van der Waals surface area contributed by atoms with Gasteiger partial charge in [0.05, 0.1) is 30.1 Å². The number of carbonyl (C=O) groups is 2. The first kappa shape index (κ1) is 30.4. The molecule has 2 aliphatic carbocycles. The van der Waals surface area contributed by atoms with Gasteiger partial charge in [-0.3, -0.25) is 9.59 Å². The lowest BCUT2D eigenvalue weighted by Gasteiger charge is -2.30. The maximum atomic E-state index is 13.9. The fourth-order valence-corrected chi connectivity index (χ4v) is 8.47. The molecule has 47 heavy (non-hydrogen) atoms. The number of fused-ring (bicyclic) bond motifs is 4. The summed E-state index contributed by atoms with van der Waals surface area (Å²) in [5.74, 6) is 2.23. The minimum absolute atomic E-state index is 0.00195. The average molecular weight is 638 g/mol. The number of hydrogen-bond donors (Lipinski definition) is 1. The van der Waals surface area contributed by atoms with Gasteiger partial charge in [0.1, 0.15) is 16.9 Å². The first-order chi connectivity index (χ1) is 22.4. The minimum atomic E-state index is -0.433. The molecule has 2 N–H and O–H groups in total. The quantitative estimate of drug-likeness (QED) is 0.286. The van der Waals surface area contributed by atoms with Crippen LogP contribution in [0.3, 0.4) is 0 Å². The summed E-state index contributed by atoms with van der Waals surface area (Å²) in [4.78, 5) is 41.7. The van der Waals surface area contributed by atoms with Crippen LogP contribution in [0.2, 0.25) is 0 Å². The van der Waals surface area contributed by atoms with Crippen LogP contribution in [0, 0.1) is 11.3 Å². The van der Waals surface area contributed by atoms with Crippen molar-refractivity contribution in [1.82, 2.24) is 28.9 Å². The molecular weight excluding hydrogens is 590 g/mol. The second-order valence-corrected chi connectivity index (χ2v) is 15.7. The predicted molar refractivity (Wildman–Crippen MR) is 182 cm³/mol. The highest BCUT2D eigenvalue weighted by Gasteiger charge is 2.46. The molecule has 248 valence electrons. The molecule has 2 saturated heterocycles. The Morgan fingerprint density at radius 1 is 1.04 bits per heavy atom. The number of ether oxygens (including phenoxy) is 1. The number of nitrogens with two attached hydrogens (primary N) is 1. The molecule has 4 aliphatic rings. The van der Waals surface area contributed by atoms with Crippen molar-refractivity contribution >= 4 is 33.9 Å². The molecule has 0 radical (unpaired) electrons. The number of rotatable bonds is 6. The zero-order chi connectivity index (χ0) is 32.8. The Hall–Kier alpha value is -3.92. The zero-order valence-corrected chi connectivity index (χ0v) is 28.4. The third-order valence-electron chi connectivity index (χ3n) is 11.1. The molecule has 0 spiro atoms. The van der Waals surface area contributed by atoms with E-state index in [2.05, 4.69) is 27.3 Å². The second kappa shape index (κ2) is 10.8. The summed E-state index contributed by atoms with van der Waals surface area (Å²) < 4.78 is 10.3. The number of amides is 2. The van der Waals surface area contributed by atoms with Gasteiger partial charge in [-0.15, -0.1) is 0 Å². The lowest BCUT2D eigenvalue weighted by Crippen LogP contribution is -2.43. The molecule has 3 aromatic heterocycles. The van der Waals surface area contributed by atoms with Crippen LogP contribution in [0.4, 0.5) is 0 Å². The number of aromatic nitrogens is 4. The monoisotopic (exact) mass is 637 g/mol. The van der Waals surface area contributed by atoms with Crippen molar-refractivity contribution in [1.29, 1.82) is 0 Å². The van der Waals surface area contributed by atoms with Crippen LogP contribution < -0.4 is 10.5 Å². The smallest absolute Gasteiger partial charge is 0.254 e. The number of nitrogens with zero attached hydrogens (tertiary/aromatic N) is 6. The highest BCUT2D eigenvalue weighted by atomic mass is 16.5. The van der Waals surface area contributed by atoms with E-state index in [1.54, 1.807) is 7.11 Å². The number of aryl methyl sites for hydroxylation is 1. The maximum Gasteiger partial charge on any atom is 0.254 e. The summed E-state index contributed by atoms with van der Waals surface area (Å²) in [5, 5.41) is 1.06. The summed E-state index contributed by atoms with van der Waals surface area (Å²) in [6.45, 7) is 8.21. The molecule has 2 saturated carbocycles. The summed E-state index contributed by atoms with van der Waals surface area (Å²) in [6.07, 6.45) is 8.24. The molecule has 3 atom stereocenters. The molecule has 10 heteroatoms. The molecule has 2 bridgehead atoms. The molecular formula is C37H47N7O3. The van der Waals surface area contributed by atoms with Gasteiger partial charge >= 0.3 is 0 Å². The summed E-state index contributed by atoms with van der Waals surface area (Å²) in [5.41, 5.74) is 11.0. The highest BCUT2D eigenvalue weighted by molar-refractivity contribution is 6.00. The van der Waals surface area contributed by atoms with E-state index in [0.717, 1.165) is 90.9 Å². The third kappa shape index (κ3) is 5.10. The van der Waals surface area contributed by atoms with E-state index in [1.807, 2.05) is 49.8 Å². The first-order valence-corrected chi connectivity index (χ1v) is 17.4. The average Bonchev–Trinajstić information content (AvgIpc) is 3.35. The number of hydrogen-bond acceptors (Lipinski definition) is 6. The van der Waals surface area contributed by atoms with Gasteiger partial charge in [-0.25, -0.2) is 9.97 Å². The van der Waals surface area contributed by atoms with E-state index < -0.39 is 5.41 Å². The lowest BCUT2D eigenvalue weighted by molar-refractivity contribution is -0.140. The fourth-order valence-electron chi connectivity index (χ4n) is 8.47. The van der Waals surface area contributed by atoms with E-state index in [4.69, 9.17) is 20.4 Å². The topological polar surface area (TPSA) is 112 Å². The van der Waals surface area contributed by atoms with E-state index in [1.165, 1.54) is 12.8 Å². The molecule has 2 aliphatic heterocycles. The number of benzene rings is 1. The molecule has 4 aromatic rings. The Morgan fingerprint density at radius 3 is 2.57 bits per heavy atom. The summed E-state index contributed by atoms with van der Waals surface area (Å²) in [7, 11) is 3.67. The van der Waals surface area contributed by atoms with Gasteiger partial charge in [0, 0.05) is 54.6 Å². The Labute approximate surface area is 276 Å². The van der Waals surface area contributed by atoms with Crippen LogP contribution in [0.25, 0.3) is 33.6 Å². The minimum Gasteiger partial charge on any atom is -0.494 e. The lowest BCUT2D eigenvalue weighted by atomic mass is 9.84. The van der Waals surface area contributed by atoms with E-state index in [9.17, 15) is 9.59 Å². The zero-order valence-electron chi connectivity index (χ0n) is 28.4. The Bertz CT molecular complexity index is 1910.